The molecule has 2 amide bonds. The number of carbonyl (C=O) groups is 2. The second-order valence-corrected chi connectivity index (χ2v) is 12.6. The van der Waals surface area contributed by atoms with Gasteiger partial charge in [-0.3, -0.25) is 13.9 Å². The summed E-state index contributed by atoms with van der Waals surface area (Å²) in [5.41, 5.74) is 2.98. The van der Waals surface area contributed by atoms with Crippen LogP contribution in [0.25, 0.3) is 0 Å². The van der Waals surface area contributed by atoms with Crippen LogP contribution in [0.15, 0.2) is 82.2 Å². The standard InChI is InChI=1S/C30H36BrN3O4S/c1-6-23(4)32-30(36)24(5)33(19-25-12-14-26(31)15-13-25)29(35)20-34(27-9-7-8-22(3)18-27)39(37,38)28-16-10-21(2)11-17-28/h7-18,23-24H,6,19-20H2,1-5H3,(H,32,36)/t23-,24+/m1/s1. The van der Waals surface area contributed by atoms with Gasteiger partial charge in [0.15, 0.2) is 0 Å². The Morgan fingerprint density at radius 2 is 1.56 bits per heavy atom. The van der Waals surface area contributed by atoms with E-state index in [2.05, 4.69) is 21.2 Å². The van der Waals surface area contributed by atoms with E-state index in [0.717, 1.165) is 31.9 Å². The predicted octanol–water partition coefficient (Wildman–Crippen LogP) is 5.59. The highest BCUT2D eigenvalue weighted by Crippen LogP contribution is 2.26. The van der Waals surface area contributed by atoms with Gasteiger partial charge < -0.3 is 10.2 Å². The minimum Gasteiger partial charge on any atom is -0.352 e. The third-order valence-corrected chi connectivity index (χ3v) is 8.93. The Morgan fingerprint density at radius 1 is 0.923 bits per heavy atom. The Kier molecular flexibility index (Phi) is 10.3. The number of amides is 2. The molecule has 0 aliphatic heterocycles. The second-order valence-electron chi connectivity index (χ2n) is 9.81. The first-order chi connectivity index (χ1) is 18.4. The minimum atomic E-state index is -4.08. The zero-order valence-electron chi connectivity index (χ0n) is 23.0. The van der Waals surface area contributed by atoms with Gasteiger partial charge in [-0.25, -0.2) is 8.42 Å². The van der Waals surface area contributed by atoms with Gasteiger partial charge in [0.25, 0.3) is 10.0 Å². The van der Waals surface area contributed by atoms with Crippen LogP contribution in [0.2, 0.25) is 0 Å². The molecule has 0 fully saturated rings. The molecule has 0 spiro atoms. The van der Waals surface area contributed by atoms with E-state index in [1.54, 1.807) is 49.4 Å². The molecule has 0 heterocycles. The molecule has 0 saturated heterocycles. The molecule has 3 aromatic carbocycles. The van der Waals surface area contributed by atoms with Gasteiger partial charge in [0.05, 0.1) is 10.6 Å². The van der Waals surface area contributed by atoms with Crippen molar-refractivity contribution in [3.63, 3.8) is 0 Å². The lowest BCUT2D eigenvalue weighted by atomic mass is 10.1. The monoisotopic (exact) mass is 613 g/mol. The van der Waals surface area contributed by atoms with E-state index in [-0.39, 0.29) is 23.4 Å². The lowest BCUT2D eigenvalue weighted by Crippen LogP contribution is -2.52. The molecule has 0 aliphatic rings. The Balaban J connectivity index is 2.02. The van der Waals surface area contributed by atoms with Crippen molar-refractivity contribution in [3.8, 4) is 0 Å². The van der Waals surface area contributed by atoms with E-state index in [0.29, 0.717) is 5.69 Å². The summed E-state index contributed by atoms with van der Waals surface area (Å²) in [5, 5.41) is 2.94. The Hall–Kier alpha value is -3.17. The van der Waals surface area contributed by atoms with Gasteiger partial charge >= 0.3 is 0 Å². The summed E-state index contributed by atoms with van der Waals surface area (Å²) < 4.78 is 29.8. The summed E-state index contributed by atoms with van der Waals surface area (Å²) in [4.78, 5) is 28.6. The Bertz CT molecular complexity index is 1390. The first kappa shape index (κ1) is 30.4. The van der Waals surface area contributed by atoms with Crippen LogP contribution >= 0.6 is 15.9 Å². The number of hydrogen-bond donors (Lipinski definition) is 1. The molecule has 7 nitrogen and oxygen atoms in total. The number of hydrogen-bond acceptors (Lipinski definition) is 4. The van der Waals surface area contributed by atoms with Crippen molar-refractivity contribution in [2.45, 2.75) is 64.6 Å². The molecule has 9 heteroatoms. The maximum Gasteiger partial charge on any atom is 0.264 e. The lowest BCUT2D eigenvalue weighted by molar-refractivity contribution is -0.139. The number of benzene rings is 3. The van der Waals surface area contributed by atoms with Crippen molar-refractivity contribution in [2.24, 2.45) is 0 Å². The Labute approximate surface area is 240 Å². The maximum absolute atomic E-state index is 13.9. The topological polar surface area (TPSA) is 86.8 Å². The van der Waals surface area contributed by atoms with E-state index in [1.807, 2.05) is 58.0 Å². The van der Waals surface area contributed by atoms with Crippen LogP contribution in [0.5, 0.6) is 0 Å². The molecule has 39 heavy (non-hydrogen) atoms. The summed E-state index contributed by atoms with van der Waals surface area (Å²) in [6.45, 7) is 8.97. The van der Waals surface area contributed by atoms with E-state index in [1.165, 1.54) is 4.90 Å². The lowest BCUT2D eigenvalue weighted by Gasteiger charge is -2.32. The second kappa shape index (κ2) is 13.3. The quantitative estimate of drug-likeness (QED) is 0.305. The van der Waals surface area contributed by atoms with Crippen molar-refractivity contribution in [1.82, 2.24) is 10.2 Å². The summed E-state index contributed by atoms with van der Waals surface area (Å²) in [5.74, 6) is -0.778. The molecule has 1 N–H and O–H groups in total. The van der Waals surface area contributed by atoms with Crippen LogP contribution in [0.4, 0.5) is 5.69 Å². The van der Waals surface area contributed by atoms with E-state index in [9.17, 15) is 18.0 Å². The third-order valence-electron chi connectivity index (χ3n) is 6.61. The normalized spacial score (nSPS) is 12.9. The van der Waals surface area contributed by atoms with Gasteiger partial charge in [-0.2, -0.15) is 0 Å². The molecular formula is C30H36BrN3O4S. The molecule has 0 saturated carbocycles. The van der Waals surface area contributed by atoms with Gasteiger partial charge in [-0.05, 0) is 81.6 Å². The summed E-state index contributed by atoms with van der Waals surface area (Å²) in [6.07, 6.45) is 0.745. The van der Waals surface area contributed by atoms with Crippen molar-refractivity contribution in [2.75, 3.05) is 10.8 Å². The third kappa shape index (κ3) is 7.92. The van der Waals surface area contributed by atoms with Crippen LogP contribution in [0, 0.1) is 13.8 Å². The van der Waals surface area contributed by atoms with Crippen LogP contribution < -0.4 is 9.62 Å². The van der Waals surface area contributed by atoms with Crippen LogP contribution in [0.3, 0.4) is 0 Å². The van der Waals surface area contributed by atoms with E-state index in [4.69, 9.17) is 0 Å². The average Bonchev–Trinajstić information content (AvgIpc) is 2.90. The van der Waals surface area contributed by atoms with Crippen molar-refractivity contribution >= 4 is 43.5 Å². The van der Waals surface area contributed by atoms with Gasteiger partial charge in [-0.1, -0.05) is 64.8 Å². The number of nitrogens with one attached hydrogen (secondary N) is 1. The minimum absolute atomic E-state index is 0.0599. The highest BCUT2D eigenvalue weighted by Gasteiger charge is 2.32. The zero-order chi connectivity index (χ0) is 28.7. The van der Waals surface area contributed by atoms with Gasteiger partial charge in [0, 0.05) is 17.1 Å². The molecule has 0 bridgehead atoms. The number of carbonyl (C=O) groups excluding carboxylic acids is 2. The highest BCUT2D eigenvalue weighted by molar-refractivity contribution is 9.10. The smallest absolute Gasteiger partial charge is 0.264 e. The number of aryl methyl sites for hydroxylation is 2. The molecule has 0 unspecified atom stereocenters. The fourth-order valence-electron chi connectivity index (χ4n) is 3.98. The van der Waals surface area contributed by atoms with Crippen molar-refractivity contribution in [3.05, 3.63) is 94.0 Å². The summed E-state index contributed by atoms with van der Waals surface area (Å²) in [6, 6.07) is 20.1. The Morgan fingerprint density at radius 3 is 2.15 bits per heavy atom. The predicted molar refractivity (Wildman–Crippen MR) is 159 cm³/mol. The zero-order valence-corrected chi connectivity index (χ0v) is 25.4. The van der Waals surface area contributed by atoms with Gasteiger partial charge in [0.2, 0.25) is 11.8 Å². The summed E-state index contributed by atoms with van der Waals surface area (Å²) in [7, 11) is -4.08. The number of nitrogens with zero attached hydrogens (tertiary/aromatic N) is 2. The fourth-order valence-corrected chi connectivity index (χ4v) is 5.65. The molecular weight excluding hydrogens is 578 g/mol. The molecule has 0 radical (unpaired) electrons. The maximum atomic E-state index is 13.9. The first-order valence-electron chi connectivity index (χ1n) is 12.9. The molecule has 3 rings (SSSR count). The fraction of sp³-hybridized carbons (Fsp3) is 0.333. The van der Waals surface area contributed by atoms with Crippen molar-refractivity contribution < 1.29 is 18.0 Å². The largest absolute Gasteiger partial charge is 0.352 e. The van der Waals surface area contributed by atoms with Gasteiger partial charge in [0.1, 0.15) is 12.6 Å². The van der Waals surface area contributed by atoms with Crippen LogP contribution in [0.1, 0.15) is 43.9 Å². The molecule has 208 valence electrons. The first-order valence-corrected chi connectivity index (χ1v) is 15.2. The van der Waals surface area contributed by atoms with Crippen LogP contribution in [-0.4, -0.2) is 43.8 Å². The van der Waals surface area contributed by atoms with Crippen molar-refractivity contribution in [1.29, 1.82) is 0 Å². The SMILES string of the molecule is CC[C@@H](C)NC(=O)[C@H](C)N(Cc1ccc(Br)cc1)C(=O)CN(c1cccc(C)c1)S(=O)(=O)c1ccc(C)cc1. The number of sulfonamides is 1. The van der Waals surface area contributed by atoms with Gasteiger partial charge in [-0.15, -0.1) is 0 Å². The molecule has 0 aromatic heterocycles. The number of anilines is 1. The van der Waals surface area contributed by atoms with E-state index < -0.39 is 28.5 Å². The molecule has 2 atom stereocenters. The summed E-state index contributed by atoms with van der Waals surface area (Å²) >= 11 is 3.42. The van der Waals surface area contributed by atoms with Crippen LogP contribution in [-0.2, 0) is 26.2 Å². The number of rotatable bonds is 11. The highest BCUT2D eigenvalue weighted by atomic mass is 79.9. The van der Waals surface area contributed by atoms with E-state index >= 15 is 0 Å². The molecule has 0 aliphatic carbocycles. The average molecular weight is 615 g/mol. The molecule has 3 aromatic rings. The number of halogens is 1.